The topological polar surface area (TPSA) is 92.8 Å². The van der Waals surface area contributed by atoms with Crippen LogP contribution in [-0.4, -0.2) is 34.9 Å². The zero-order chi connectivity index (χ0) is 21.9. The van der Waals surface area contributed by atoms with Crippen molar-refractivity contribution in [2.75, 3.05) is 11.5 Å². The van der Waals surface area contributed by atoms with Crippen molar-refractivity contribution < 1.29 is 8.42 Å². The quantitative estimate of drug-likeness (QED) is 0.322. The number of H-pyrrole nitrogens is 1. The Labute approximate surface area is 187 Å². The van der Waals surface area contributed by atoms with Gasteiger partial charge in [-0.3, -0.25) is 9.78 Å². The second-order valence-corrected chi connectivity index (χ2v) is 10.6. The van der Waals surface area contributed by atoms with E-state index in [0.29, 0.717) is 28.5 Å². The molecule has 0 aliphatic heterocycles. The fraction of sp³-hybridized carbons (Fsp3) is 0.348. The molecule has 0 radical (unpaired) electrons. The van der Waals surface area contributed by atoms with E-state index in [-0.39, 0.29) is 11.3 Å². The maximum absolute atomic E-state index is 12.3. The number of nitrogens with zero attached hydrogens (tertiary/aromatic N) is 2. The highest BCUT2D eigenvalue weighted by atomic mass is 32.2. The summed E-state index contributed by atoms with van der Waals surface area (Å²) in [6.45, 7) is 0. The van der Waals surface area contributed by atoms with E-state index in [1.807, 2.05) is 18.2 Å². The van der Waals surface area contributed by atoms with Crippen molar-refractivity contribution in [2.24, 2.45) is 0 Å². The maximum Gasteiger partial charge on any atom is 0.264 e. The summed E-state index contributed by atoms with van der Waals surface area (Å²) in [6.07, 6.45) is 10.2. The predicted molar refractivity (Wildman–Crippen MR) is 124 cm³/mol. The Balaban J connectivity index is 1.32. The van der Waals surface area contributed by atoms with Crippen molar-refractivity contribution >= 4 is 21.6 Å². The summed E-state index contributed by atoms with van der Waals surface area (Å²) in [5.41, 5.74) is 0.896. The summed E-state index contributed by atoms with van der Waals surface area (Å²) in [6, 6.07) is 12.4. The van der Waals surface area contributed by atoms with Gasteiger partial charge in [0.2, 0.25) is 0 Å². The summed E-state index contributed by atoms with van der Waals surface area (Å²) in [5.74, 6) is 1.67. The maximum atomic E-state index is 12.3. The van der Waals surface area contributed by atoms with Gasteiger partial charge in [-0.25, -0.2) is 13.4 Å². The van der Waals surface area contributed by atoms with Crippen LogP contribution in [0.5, 0.6) is 0 Å². The Kier molecular flexibility index (Phi) is 8.85. The van der Waals surface area contributed by atoms with Crippen molar-refractivity contribution in [3.63, 3.8) is 0 Å². The van der Waals surface area contributed by atoms with Crippen molar-refractivity contribution in [1.29, 1.82) is 0 Å². The van der Waals surface area contributed by atoms with Gasteiger partial charge < -0.3 is 4.98 Å². The number of thioether (sulfide) groups is 1. The first-order valence-corrected chi connectivity index (χ1v) is 13.1. The van der Waals surface area contributed by atoms with Crippen LogP contribution in [0.25, 0.3) is 0 Å². The zero-order valence-electron chi connectivity index (χ0n) is 17.4. The highest BCUT2D eigenvalue weighted by Crippen LogP contribution is 2.17. The van der Waals surface area contributed by atoms with Gasteiger partial charge in [0.15, 0.2) is 9.84 Å². The van der Waals surface area contributed by atoms with Crippen LogP contribution in [-0.2, 0) is 16.3 Å². The molecule has 1 N–H and O–H groups in total. The third kappa shape index (κ3) is 7.63. The lowest BCUT2D eigenvalue weighted by atomic mass is 10.2. The molecule has 8 heteroatoms. The fourth-order valence-corrected chi connectivity index (χ4v) is 5.43. The zero-order valence-corrected chi connectivity index (χ0v) is 19.0. The van der Waals surface area contributed by atoms with Crippen LogP contribution in [0, 0.1) is 0 Å². The molecule has 3 rings (SSSR count). The number of benzene rings is 1. The van der Waals surface area contributed by atoms with Crippen LogP contribution in [0.3, 0.4) is 0 Å². The second-order valence-electron chi connectivity index (χ2n) is 7.31. The van der Waals surface area contributed by atoms with E-state index < -0.39 is 9.84 Å². The molecular weight excluding hydrogens is 430 g/mol. The molecule has 0 aliphatic carbocycles. The summed E-state index contributed by atoms with van der Waals surface area (Å²) in [7, 11) is -3.17. The van der Waals surface area contributed by atoms with Crippen LogP contribution < -0.4 is 5.56 Å². The second kappa shape index (κ2) is 11.8. The number of nitrogens with one attached hydrogen (secondary N) is 1. The van der Waals surface area contributed by atoms with Gasteiger partial charge >= 0.3 is 0 Å². The molecule has 0 amide bonds. The Morgan fingerprint density at radius 2 is 1.68 bits per heavy atom. The molecule has 0 atom stereocenters. The molecule has 164 valence electrons. The van der Waals surface area contributed by atoms with Gasteiger partial charge in [-0.05, 0) is 42.4 Å². The van der Waals surface area contributed by atoms with Gasteiger partial charge in [-0.2, -0.15) is 0 Å². The number of aromatic nitrogens is 3. The number of hydrogen-bond acceptors (Lipinski definition) is 6. The SMILES string of the molecule is O=c1[nH]c(Cc2cccnc2)ncc1SCCCCCCCS(=O)(=O)c1ccccc1. The molecule has 0 saturated heterocycles. The Morgan fingerprint density at radius 1 is 0.903 bits per heavy atom. The Morgan fingerprint density at radius 3 is 2.42 bits per heavy atom. The highest BCUT2D eigenvalue weighted by molar-refractivity contribution is 7.99. The van der Waals surface area contributed by atoms with Crippen molar-refractivity contribution in [3.8, 4) is 0 Å². The van der Waals surface area contributed by atoms with E-state index in [9.17, 15) is 13.2 Å². The monoisotopic (exact) mass is 457 g/mol. The lowest BCUT2D eigenvalue weighted by Crippen LogP contribution is -2.13. The Bertz CT molecular complexity index is 1100. The van der Waals surface area contributed by atoms with E-state index >= 15 is 0 Å². The molecule has 0 fully saturated rings. The smallest absolute Gasteiger partial charge is 0.264 e. The number of unbranched alkanes of at least 4 members (excludes halogenated alkanes) is 4. The van der Waals surface area contributed by atoms with Gasteiger partial charge in [0.25, 0.3) is 5.56 Å². The average molecular weight is 458 g/mol. The Hall–Kier alpha value is -2.45. The van der Waals surface area contributed by atoms with E-state index in [1.165, 1.54) is 11.8 Å². The average Bonchev–Trinajstić information content (AvgIpc) is 2.78. The van der Waals surface area contributed by atoms with Crippen LogP contribution in [0.2, 0.25) is 0 Å². The highest BCUT2D eigenvalue weighted by Gasteiger charge is 2.12. The van der Waals surface area contributed by atoms with E-state index in [2.05, 4.69) is 15.0 Å². The van der Waals surface area contributed by atoms with Crippen molar-refractivity contribution in [3.05, 3.63) is 82.8 Å². The largest absolute Gasteiger partial charge is 0.309 e. The number of hydrogen-bond donors (Lipinski definition) is 1. The van der Waals surface area contributed by atoms with Crippen LogP contribution in [0.15, 0.2) is 75.6 Å². The van der Waals surface area contributed by atoms with E-state index in [4.69, 9.17) is 0 Å². The summed E-state index contributed by atoms with van der Waals surface area (Å²) in [4.78, 5) is 24.6. The number of sulfone groups is 1. The van der Waals surface area contributed by atoms with Gasteiger partial charge in [-0.15, -0.1) is 11.8 Å². The molecule has 0 bridgehead atoms. The van der Waals surface area contributed by atoms with Gasteiger partial charge in [-0.1, -0.05) is 43.5 Å². The molecule has 2 heterocycles. The molecule has 6 nitrogen and oxygen atoms in total. The number of aromatic amines is 1. The summed E-state index contributed by atoms with van der Waals surface area (Å²) < 4.78 is 24.5. The van der Waals surface area contributed by atoms with Crippen LogP contribution in [0.1, 0.15) is 43.5 Å². The van der Waals surface area contributed by atoms with Gasteiger partial charge in [0.05, 0.1) is 15.5 Å². The molecule has 0 spiro atoms. The third-order valence-corrected chi connectivity index (χ3v) is 7.74. The first kappa shape index (κ1) is 23.2. The standard InChI is InChI=1S/C23H27N3O3S2/c27-23-21(18-25-22(26-23)16-19-10-9-13-24-17-19)30-14-7-2-1-3-8-15-31(28,29)20-11-5-4-6-12-20/h4-6,9-13,17-18H,1-3,7-8,14-16H2,(H,25,26,27). The normalized spacial score (nSPS) is 11.5. The van der Waals surface area contributed by atoms with E-state index in [1.54, 1.807) is 42.9 Å². The molecule has 0 aliphatic rings. The number of rotatable bonds is 12. The molecule has 0 saturated carbocycles. The molecule has 2 aromatic heterocycles. The van der Waals surface area contributed by atoms with Gasteiger partial charge in [0, 0.05) is 25.0 Å². The minimum atomic E-state index is -3.17. The lowest BCUT2D eigenvalue weighted by molar-refractivity contribution is 0.587. The molecule has 0 unspecified atom stereocenters. The first-order chi connectivity index (χ1) is 15.0. The number of pyridine rings is 1. The first-order valence-electron chi connectivity index (χ1n) is 10.4. The lowest BCUT2D eigenvalue weighted by Gasteiger charge is -2.05. The van der Waals surface area contributed by atoms with Crippen LogP contribution in [0.4, 0.5) is 0 Å². The molecule has 31 heavy (non-hydrogen) atoms. The van der Waals surface area contributed by atoms with Crippen LogP contribution >= 0.6 is 11.8 Å². The van der Waals surface area contributed by atoms with Gasteiger partial charge in [0.1, 0.15) is 5.82 Å². The minimum Gasteiger partial charge on any atom is -0.309 e. The minimum absolute atomic E-state index is 0.106. The molecule has 3 aromatic rings. The fourth-order valence-electron chi connectivity index (χ4n) is 3.16. The molecular formula is C23H27N3O3S2. The third-order valence-electron chi connectivity index (χ3n) is 4.83. The summed E-state index contributed by atoms with van der Waals surface area (Å²) >= 11 is 1.51. The van der Waals surface area contributed by atoms with E-state index in [0.717, 1.165) is 37.0 Å². The van der Waals surface area contributed by atoms with Crippen molar-refractivity contribution in [1.82, 2.24) is 15.0 Å². The van der Waals surface area contributed by atoms with Crippen molar-refractivity contribution in [2.45, 2.75) is 48.3 Å². The molecule has 1 aromatic carbocycles. The summed E-state index contributed by atoms with van der Waals surface area (Å²) in [5, 5.41) is 0. The predicted octanol–water partition coefficient (Wildman–Crippen LogP) is 4.27.